The Morgan fingerprint density at radius 3 is 2.69 bits per heavy atom. The quantitative estimate of drug-likeness (QED) is 0.793. The first-order chi connectivity index (χ1) is 13.8. The normalized spacial score (nSPS) is 37.6. The molecule has 4 aliphatic rings. The summed E-state index contributed by atoms with van der Waals surface area (Å²) in [6.07, 6.45) is 1.42. The van der Waals surface area contributed by atoms with Gasteiger partial charge >= 0.3 is 11.9 Å². The Morgan fingerprint density at radius 2 is 2.00 bits per heavy atom. The Kier molecular flexibility index (Phi) is 3.77. The van der Waals surface area contributed by atoms with Gasteiger partial charge in [0.05, 0.1) is 18.1 Å². The molecule has 29 heavy (non-hydrogen) atoms. The van der Waals surface area contributed by atoms with Gasteiger partial charge in [0.25, 0.3) is 0 Å². The van der Waals surface area contributed by atoms with Crippen LogP contribution in [0.5, 0.6) is 0 Å². The van der Waals surface area contributed by atoms with Crippen LogP contribution in [-0.2, 0) is 24.5 Å². The van der Waals surface area contributed by atoms with Crippen LogP contribution in [0.3, 0.4) is 0 Å². The molecule has 0 amide bonds. The van der Waals surface area contributed by atoms with Gasteiger partial charge in [-0.15, -0.1) is 0 Å². The van der Waals surface area contributed by atoms with E-state index in [1.54, 1.807) is 0 Å². The van der Waals surface area contributed by atoms with E-state index in [4.69, 9.17) is 9.47 Å². The number of rotatable bonds is 3. The summed E-state index contributed by atoms with van der Waals surface area (Å²) in [5.41, 5.74) is 3.44. The van der Waals surface area contributed by atoms with Gasteiger partial charge in [-0.25, -0.2) is 4.79 Å². The molecule has 0 radical (unpaired) electrons. The molecule has 1 aliphatic carbocycles. The Balaban J connectivity index is 1.77. The van der Waals surface area contributed by atoms with Crippen molar-refractivity contribution in [3.8, 4) is 0 Å². The summed E-state index contributed by atoms with van der Waals surface area (Å²) in [5.74, 6) is -0.604. The molecule has 6 heteroatoms. The highest BCUT2D eigenvalue weighted by Crippen LogP contribution is 2.68. The number of anilines is 1. The second kappa shape index (κ2) is 5.85. The third-order valence-electron chi connectivity index (χ3n) is 8.35. The molecule has 0 saturated carbocycles. The average Bonchev–Trinajstić information content (AvgIpc) is 3.11. The van der Waals surface area contributed by atoms with Crippen LogP contribution in [-0.4, -0.2) is 49.2 Å². The van der Waals surface area contributed by atoms with E-state index in [1.165, 1.54) is 19.6 Å². The Bertz CT molecular complexity index is 956. The van der Waals surface area contributed by atoms with E-state index in [2.05, 4.69) is 42.4 Å². The molecule has 6 nitrogen and oxygen atoms in total. The topological polar surface area (TPSA) is 67.9 Å². The SMILES string of the molecule is COC(=O)C1=C2Nc3ccccc3C23CC2N(C)C3CC1C2(C)C(C)OC(C)=O. The van der Waals surface area contributed by atoms with E-state index in [1.807, 2.05) is 13.0 Å². The van der Waals surface area contributed by atoms with Gasteiger partial charge in [0.1, 0.15) is 6.10 Å². The lowest BCUT2D eigenvalue weighted by Gasteiger charge is -2.55. The highest BCUT2D eigenvalue weighted by atomic mass is 16.5. The zero-order chi connectivity index (χ0) is 20.7. The number of piperidine rings is 1. The van der Waals surface area contributed by atoms with Crippen molar-refractivity contribution < 1.29 is 19.1 Å². The molecule has 1 N–H and O–H groups in total. The molecule has 2 fully saturated rings. The van der Waals surface area contributed by atoms with Gasteiger partial charge in [0, 0.05) is 41.7 Å². The van der Waals surface area contributed by atoms with Crippen LogP contribution in [0, 0.1) is 11.3 Å². The summed E-state index contributed by atoms with van der Waals surface area (Å²) in [5, 5.41) is 3.60. The fourth-order valence-corrected chi connectivity index (χ4v) is 7.00. The van der Waals surface area contributed by atoms with E-state index in [0.717, 1.165) is 29.8 Å². The predicted molar refractivity (Wildman–Crippen MR) is 108 cm³/mol. The fraction of sp³-hybridized carbons (Fsp3) is 0.565. The summed E-state index contributed by atoms with van der Waals surface area (Å²) >= 11 is 0. The molecule has 2 saturated heterocycles. The number of benzene rings is 1. The van der Waals surface area contributed by atoms with Gasteiger partial charge in [-0.3, -0.25) is 9.69 Å². The zero-order valence-electron chi connectivity index (χ0n) is 17.6. The molecule has 1 aromatic rings. The lowest BCUT2D eigenvalue weighted by atomic mass is 9.59. The van der Waals surface area contributed by atoms with Crippen molar-refractivity contribution >= 4 is 17.6 Å². The number of fused-ring (bicyclic) bond motifs is 3. The summed E-state index contributed by atoms with van der Waals surface area (Å²) < 4.78 is 11.0. The Hall–Kier alpha value is -2.34. The predicted octanol–water partition coefficient (Wildman–Crippen LogP) is 2.84. The van der Waals surface area contributed by atoms with Crippen LogP contribution in [0.25, 0.3) is 0 Å². The summed E-state index contributed by atoms with van der Waals surface area (Å²) in [6.45, 7) is 5.60. The van der Waals surface area contributed by atoms with Gasteiger partial charge in [0.15, 0.2) is 0 Å². The number of carbonyl (C=O) groups excluding carboxylic acids is 2. The number of nitrogens with zero attached hydrogens (tertiary/aromatic N) is 1. The number of esters is 2. The number of likely N-dealkylation sites (N-methyl/N-ethyl adjacent to an activating group) is 1. The molecule has 1 aromatic carbocycles. The van der Waals surface area contributed by atoms with Crippen LogP contribution in [0.4, 0.5) is 5.69 Å². The first-order valence-electron chi connectivity index (χ1n) is 10.4. The van der Waals surface area contributed by atoms with E-state index in [9.17, 15) is 9.59 Å². The second-order valence-electron chi connectivity index (χ2n) is 9.23. The van der Waals surface area contributed by atoms with Gasteiger partial charge < -0.3 is 14.8 Å². The molecular formula is C23H28N2O4. The largest absolute Gasteiger partial charge is 0.466 e. The second-order valence-corrected chi connectivity index (χ2v) is 9.23. The Labute approximate surface area is 171 Å². The summed E-state index contributed by atoms with van der Waals surface area (Å²) in [4.78, 5) is 27.4. The van der Waals surface area contributed by atoms with E-state index < -0.39 is 5.41 Å². The number of hydrogen-bond donors (Lipinski definition) is 1. The highest BCUT2D eigenvalue weighted by molar-refractivity contribution is 5.94. The Morgan fingerprint density at radius 1 is 1.28 bits per heavy atom. The van der Waals surface area contributed by atoms with Crippen molar-refractivity contribution in [2.75, 3.05) is 19.5 Å². The van der Waals surface area contributed by atoms with Crippen molar-refractivity contribution in [2.45, 2.75) is 57.2 Å². The number of para-hydroxylation sites is 1. The lowest BCUT2D eigenvalue weighted by Crippen LogP contribution is -2.61. The lowest BCUT2D eigenvalue weighted by molar-refractivity contribution is -0.162. The molecule has 6 atom stereocenters. The van der Waals surface area contributed by atoms with Crippen LogP contribution in [0.2, 0.25) is 0 Å². The van der Waals surface area contributed by atoms with E-state index in [0.29, 0.717) is 6.04 Å². The van der Waals surface area contributed by atoms with Crippen molar-refractivity contribution in [1.82, 2.24) is 4.90 Å². The van der Waals surface area contributed by atoms with Crippen LogP contribution >= 0.6 is 0 Å². The van der Waals surface area contributed by atoms with Crippen LogP contribution in [0.15, 0.2) is 35.5 Å². The highest BCUT2D eigenvalue weighted by Gasteiger charge is 2.72. The minimum absolute atomic E-state index is 0.0389. The third-order valence-corrected chi connectivity index (χ3v) is 8.35. The molecule has 3 aliphatic heterocycles. The van der Waals surface area contributed by atoms with Crippen LogP contribution < -0.4 is 5.32 Å². The van der Waals surface area contributed by atoms with Crippen molar-refractivity contribution in [1.29, 1.82) is 0 Å². The number of ether oxygens (including phenoxy) is 2. The van der Waals surface area contributed by atoms with Crippen molar-refractivity contribution in [3.63, 3.8) is 0 Å². The average molecular weight is 396 g/mol. The zero-order valence-corrected chi connectivity index (χ0v) is 17.6. The minimum atomic E-state index is -0.391. The third kappa shape index (κ3) is 2.05. The summed E-state index contributed by atoms with van der Waals surface area (Å²) in [7, 11) is 3.63. The molecule has 1 spiro atoms. The number of methoxy groups -OCH3 is 1. The van der Waals surface area contributed by atoms with Gasteiger partial charge in [0.2, 0.25) is 0 Å². The molecule has 0 aromatic heterocycles. The van der Waals surface area contributed by atoms with Gasteiger partial charge in [-0.2, -0.15) is 0 Å². The standard InChI is InChI=1S/C23H28N2O4/c1-12(29-13(2)26)22(3)15-10-17-23(11-18(22)25(17)4)14-8-6-7-9-16(14)24-20(23)19(15)21(27)28-5/h6-9,12,15,17-18,24H,10-11H2,1-5H3. The monoisotopic (exact) mass is 396 g/mol. The van der Waals surface area contributed by atoms with Gasteiger partial charge in [-0.1, -0.05) is 25.1 Å². The van der Waals surface area contributed by atoms with Crippen molar-refractivity contribution in [3.05, 3.63) is 41.1 Å². The number of hydrogen-bond acceptors (Lipinski definition) is 6. The number of nitrogens with one attached hydrogen (secondary N) is 1. The minimum Gasteiger partial charge on any atom is -0.466 e. The fourth-order valence-electron chi connectivity index (χ4n) is 7.00. The molecule has 5 rings (SSSR count). The molecule has 154 valence electrons. The van der Waals surface area contributed by atoms with Crippen molar-refractivity contribution in [2.24, 2.45) is 11.3 Å². The summed E-state index contributed by atoms with van der Waals surface area (Å²) in [6, 6.07) is 8.86. The molecular weight excluding hydrogens is 368 g/mol. The molecule has 3 heterocycles. The maximum atomic E-state index is 13.1. The first kappa shape index (κ1) is 18.7. The smallest absolute Gasteiger partial charge is 0.335 e. The van der Waals surface area contributed by atoms with E-state index >= 15 is 0 Å². The van der Waals surface area contributed by atoms with Crippen LogP contribution in [0.1, 0.15) is 39.2 Å². The number of carbonyl (C=O) groups is 2. The molecule has 6 unspecified atom stereocenters. The van der Waals surface area contributed by atoms with Gasteiger partial charge in [-0.05, 0) is 38.4 Å². The molecule has 3 bridgehead atoms. The maximum Gasteiger partial charge on any atom is 0.335 e. The first-order valence-corrected chi connectivity index (χ1v) is 10.4. The maximum absolute atomic E-state index is 13.1. The van der Waals surface area contributed by atoms with E-state index in [-0.39, 0.29) is 35.4 Å².